The molecule has 1 aromatic rings. The number of nitrogens with one attached hydrogen (secondary N) is 1. The first-order chi connectivity index (χ1) is 10.2. The van der Waals surface area contributed by atoms with E-state index < -0.39 is 0 Å². The van der Waals surface area contributed by atoms with Gasteiger partial charge in [0.2, 0.25) is 5.91 Å². The fourth-order valence-electron chi connectivity index (χ4n) is 2.58. The topological polar surface area (TPSA) is 41.6 Å². The van der Waals surface area contributed by atoms with E-state index in [1.165, 1.54) is 5.56 Å². The van der Waals surface area contributed by atoms with E-state index in [2.05, 4.69) is 31.3 Å². The van der Waals surface area contributed by atoms with Gasteiger partial charge in [-0.25, -0.2) is 0 Å². The van der Waals surface area contributed by atoms with Crippen LogP contribution in [-0.4, -0.2) is 43.1 Å². The molecule has 1 N–H and O–H groups in total. The normalized spacial score (nSPS) is 17.7. The fourth-order valence-corrected chi connectivity index (χ4v) is 2.58. The monoisotopic (exact) mass is 326 g/mol. The molecule has 1 heterocycles. The Morgan fingerprint density at radius 2 is 2.09 bits per heavy atom. The summed E-state index contributed by atoms with van der Waals surface area (Å²) < 4.78 is 5.56. The lowest BCUT2D eigenvalue weighted by molar-refractivity contribution is -0.133. The van der Waals surface area contributed by atoms with Crippen molar-refractivity contribution in [1.82, 2.24) is 10.2 Å². The highest BCUT2D eigenvalue weighted by molar-refractivity contribution is 5.85. The molecule has 1 aliphatic rings. The molecule has 1 fully saturated rings. The third-order valence-corrected chi connectivity index (χ3v) is 3.85. The first kappa shape index (κ1) is 18.8. The molecule has 22 heavy (non-hydrogen) atoms. The van der Waals surface area contributed by atoms with Gasteiger partial charge in [-0.05, 0) is 37.5 Å². The van der Waals surface area contributed by atoms with Crippen molar-refractivity contribution in [1.29, 1.82) is 0 Å². The third kappa shape index (κ3) is 5.50. The second-order valence-corrected chi connectivity index (χ2v) is 5.63. The molecule has 0 bridgehead atoms. The Bertz CT molecular complexity index is 450. The highest BCUT2D eigenvalue weighted by Crippen LogP contribution is 2.14. The Hall–Kier alpha value is -1.26. The van der Waals surface area contributed by atoms with Crippen molar-refractivity contribution in [2.75, 3.05) is 26.2 Å². The van der Waals surface area contributed by atoms with E-state index in [1.807, 2.05) is 17.0 Å². The van der Waals surface area contributed by atoms with E-state index >= 15 is 0 Å². The molecule has 0 aromatic heterocycles. The van der Waals surface area contributed by atoms with E-state index in [9.17, 15) is 4.79 Å². The quantitative estimate of drug-likeness (QED) is 0.874. The molecule has 0 unspecified atom stereocenters. The van der Waals surface area contributed by atoms with Gasteiger partial charge in [0.25, 0.3) is 0 Å². The maximum atomic E-state index is 12.3. The molecule has 1 saturated heterocycles. The summed E-state index contributed by atoms with van der Waals surface area (Å²) in [6.07, 6.45) is 2.39. The summed E-state index contributed by atoms with van der Waals surface area (Å²) in [6, 6.07) is 8.39. The first-order valence-electron chi connectivity index (χ1n) is 7.92. The summed E-state index contributed by atoms with van der Waals surface area (Å²) >= 11 is 0. The minimum Gasteiger partial charge on any atom is -0.494 e. The summed E-state index contributed by atoms with van der Waals surface area (Å²) in [4.78, 5) is 14.3. The van der Waals surface area contributed by atoms with Crippen LogP contribution in [0, 0.1) is 0 Å². The van der Waals surface area contributed by atoms with Crippen molar-refractivity contribution in [2.45, 2.75) is 39.2 Å². The van der Waals surface area contributed by atoms with Gasteiger partial charge in [0.05, 0.1) is 6.61 Å². The number of ether oxygens (including phenoxy) is 1. The van der Waals surface area contributed by atoms with E-state index in [1.54, 1.807) is 0 Å². The second kappa shape index (κ2) is 9.70. The third-order valence-electron chi connectivity index (χ3n) is 3.85. The SMILES string of the molecule is CCCOc1ccc(CCC(=O)N2CCNC[C@H]2C)cc1.Cl. The molecule has 0 saturated carbocycles. The number of nitrogens with zero attached hydrogens (tertiary/aromatic N) is 1. The Morgan fingerprint density at radius 3 is 2.73 bits per heavy atom. The molecule has 1 atom stereocenters. The van der Waals surface area contributed by atoms with Crippen LogP contribution in [0.4, 0.5) is 0 Å². The molecule has 1 aromatic carbocycles. The molecule has 0 aliphatic carbocycles. The van der Waals surface area contributed by atoms with Crippen LogP contribution in [0.25, 0.3) is 0 Å². The number of rotatable bonds is 6. The lowest BCUT2D eigenvalue weighted by Gasteiger charge is -2.34. The second-order valence-electron chi connectivity index (χ2n) is 5.63. The average molecular weight is 327 g/mol. The van der Waals surface area contributed by atoms with Crippen molar-refractivity contribution in [3.05, 3.63) is 29.8 Å². The molecule has 1 aliphatic heterocycles. The van der Waals surface area contributed by atoms with Gasteiger partial charge in [0.1, 0.15) is 5.75 Å². The average Bonchev–Trinajstić information content (AvgIpc) is 2.52. The number of halogens is 1. The number of amides is 1. The molecule has 124 valence electrons. The van der Waals surface area contributed by atoms with E-state index in [0.29, 0.717) is 12.5 Å². The minimum absolute atomic E-state index is 0. The van der Waals surface area contributed by atoms with Crippen LogP contribution in [0.1, 0.15) is 32.3 Å². The maximum Gasteiger partial charge on any atom is 0.223 e. The van der Waals surface area contributed by atoms with Gasteiger partial charge in [0, 0.05) is 32.1 Å². The fraction of sp³-hybridized carbons (Fsp3) is 0.588. The zero-order valence-corrected chi connectivity index (χ0v) is 14.3. The van der Waals surface area contributed by atoms with Crippen LogP contribution in [-0.2, 0) is 11.2 Å². The van der Waals surface area contributed by atoms with Gasteiger partial charge < -0.3 is 15.0 Å². The number of hydrogen-bond donors (Lipinski definition) is 1. The van der Waals surface area contributed by atoms with E-state index in [0.717, 1.165) is 44.8 Å². The number of carbonyl (C=O) groups excluding carboxylic acids is 1. The summed E-state index contributed by atoms with van der Waals surface area (Å²) in [5.41, 5.74) is 1.19. The number of hydrogen-bond acceptors (Lipinski definition) is 3. The van der Waals surface area contributed by atoms with Crippen LogP contribution >= 0.6 is 12.4 Å². The Morgan fingerprint density at radius 1 is 1.36 bits per heavy atom. The highest BCUT2D eigenvalue weighted by atomic mass is 35.5. The van der Waals surface area contributed by atoms with Crippen molar-refractivity contribution in [3.63, 3.8) is 0 Å². The number of benzene rings is 1. The molecule has 1 amide bonds. The number of piperazine rings is 1. The van der Waals surface area contributed by atoms with Gasteiger partial charge >= 0.3 is 0 Å². The van der Waals surface area contributed by atoms with Gasteiger partial charge in [-0.1, -0.05) is 19.1 Å². The Kier molecular flexibility index (Phi) is 8.28. The molecule has 0 spiro atoms. The Balaban J connectivity index is 0.00000242. The molecule has 0 radical (unpaired) electrons. The Labute approximate surface area is 139 Å². The minimum atomic E-state index is 0. The summed E-state index contributed by atoms with van der Waals surface area (Å²) in [7, 11) is 0. The molecular formula is C17H27ClN2O2. The van der Waals surface area contributed by atoms with Crippen molar-refractivity contribution >= 4 is 18.3 Å². The van der Waals surface area contributed by atoms with E-state index in [4.69, 9.17) is 4.74 Å². The number of aryl methyl sites for hydroxylation is 1. The predicted octanol–water partition coefficient (Wildman–Crippen LogP) is 2.65. The van der Waals surface area contributed by atoms with E-state index in [-0.39, 0.29) is 18.3 Å². The van der Waals surface area contributed by atoms with Gasteiger partial charge in [-0.15, -0.1) is 12.4 Å². The highest BCUT2D eigenvalue weighted by Gasteiger charge is 2.22. The smallest absolute Gasteiger partial charge is 0.223 e. The van der Waals surface area contributed by atoms with Crippen molar-refractivity contribution in [3.8, 4) is 5.75 Å². The van der Waals surface area contributed by atoms with Crippen LogP contribution in [0.2, 0.25) is 0 Å². The first-order valence-corrected chi connectivity index (χ1v) is 7.92. The largest absolute Gasteiger partial charge is 0.494 e. The zero-order chi connectivity index (χ0) is 15.1. The molecule has 2 rings (SSSR count). The molecular weight excluding hydrogens is 300 g/mol. The predicted molar refractivity (Wildman–Crippen MR) is 91.8 cm³/mol. The molecule has 4 nitrogen and oxygen atoms in total. The standard InChI is InChI=1S/C17H26N2O2.ClH/c1-3-12-21-16-7-4-15(5-8-16)6-9-17(20)19-11-10-18-13-14(19)2;/h4-5,7-8,14,18H,3,6,9-13H2,1-2H3;1H/t14-;/m1./s1. The van der Waals surface area contributed by atoms with Crippen molar-refractivity contribution in [2.24, 2.45) is 0 Å². The number of carbonyl (C=O) groups is 1. The summed E-state index contributed by atoms with van der Waals surface area (Å²) in [5.74, 6) is 1.16. The summed E-state index contributed by atoms with van der Waals surface area (Å²) in [5, 5.41) is 3.31. The van der Waals surface area contributed by atoms with Crippen LogP contribution in [0.15, 0.2) is 24.3 Å². The van der Waals surface area contributed by atoms with Crippen LogP contribution < -0.4 is 10.1 Å². The lowest BCUT2D eigenvalue weighted by Crippen LogP contribution is -2.52. The van der Waals surface area contributed by atoms with Crippen molar-refractivity contribution < 1.29 is 9.53 Å². The van der Waals surface area contributed by atoms with Crippen LogP contribution in [0.3, 0.4) is 0 Å². The van der Waals surface area contributed by atoms with Gasteiger partial charge in [-0.2, -0.15) is 0 Å². The van der Waals surface area contributed by atoms with Gasteiger partial charge in [-0.3, -0.25) is 4.79 Å². The lowest BCUT2D eigenvalue weighted by atomic mass is 10.1. The maximum absolute atomic E-state index is 12.3. The van der Waals surface area contributed by atoms with Crippen LogP contribution in [0.5, 0.6) is 5.75 Å². The zero-order valence-electron chi connectivity index (χ0n) is 13.5. The summed E-state index contributed by atoms with van der Waals surface area (Å²) in [6.45, 7) is 7.57. The molecule has 5 heteroatoms. The van der Waals surface area contributed by atoms with Gasteiger partial charge in [0.15, 0.2) is 0 Å².